The van der Waals surface area contributed by atoms with Gasteiger partial charge in [-0.05, 0) is 44.9 Å². The van der Waals surface area contributed by atoms with Crippen LogP contribution in [0.25, 0.3) is 5.57 Å². The van der Waals surface area contributed by atoms with Gasteiger partial charge in [-0.25, -0.2) is 9.37 Å². The van der Waals surface area contributed by atoms with Crippen molar-refractivity contribution in [3.63, 3.8) is 0 Å². The minimum atomic E-state index is -0.318. The van der Waals surface area contributed by atoms with Crippen molar-refractivity contribution in [3.05, 3.63) is 46.7 Å². The van der Waals surface area contributed by atoms with E-state index in [1.54, 1.807) is 24.1 Å². The molecule has 160 valence electrons. The van der Waals surface area contributed by atoms with Crippen LogP contribution in [-0.4, -0.2) is 47.9 Å². The maximum Gasteiger partial charge on any atom is 0.170 e. The summed E-state index contributed by atoms with van der Waals surface area (Å²) in [5, 5.41) is 4.26. The van der Waals surface area contributed by atoms with E-state index in [4.69, 9.17) is 0 Å². The smallest absolute Gasteiger partial charge is 0.170 e. The molecule has 2 aromatic rings. The maximum absolute atomic E-state index is 14.0. The monoisotopic (exact) mass is 404 g/mol. The molecule has 0 bridgehead atoms. The largest absolute Gasteiger partial charge is 0.385 e. The number of carbonyl (C=O) groups excluding carboxylic acids is 1. The zero-order valence-electron chi connectivity index (χ0n) is 18.6. The average molecular weight is 405 g/mol. The van der Waals surface area contributed by atoms with Crippen molar-refractivity contribution < 1.29 is 13.9 Å². The van der Waals surface area contributed by atoms with Crippen LogP contribution in [0.3, 0.4) is 0 Å². The van der Waals surface area contributed by atoms with Crippen LogP contribution in [0, 0.1) is 12.7 Å². The van der Waals surface area contributed by atoms with Gasteiger partial charge < -0.3 is 9.64 Å². The lowest BCUT2D eigenvalue weighted by Crippen LogP contribution is -2.32. The first-order valence-electron chi connectivity index (χ1n) is 9.96. The van der Waals surface area contributed by atoms with Gasteiger partial charge in [-0.3, -0.25) is 9.48 Å². The highest BCUT2D eigenvalue weighted by Crippen LogP contribution is 2.31. The molecule has 7 heteroatoms. The average Bonchev–Trinajstić information content (AvgIpc) is 3.04. The summed E-state index contributed by atoms with van der Waals surface area (Å²) in [7, 11) is 3.51. The van der Waals surface area contributed by atoms with Gasteiger partial charge in [-0.2, -0.15) is 5.10 Å². The van der Waals surface area contributed by atoms with E-state index in [9.17, 15) is 9.18 Å². The number of ether oxygens (including phenoxy) is 1. The molecule has 1 aliphatic rings. The summed E-state index contributed by atoms with van der Waals surface area (Å²) in [5.41, 5.74) is 4.57. The number of hydrogen-bond donors (Lipinski definition) is 0. The van der Waals surface area contributed by atoms with E-state index in [2.05, 4.69) is 21.7 Å². The Kier molecular flexibility index (Phi) is 10.2. The molecule has 3 heterocycles. The molecule has 0 saturated heterocycles. The molecule has 1 aliphatic heterocycles. The number of aryl methyl sites for hydroxylation is 1. The minimum absolute atomic E-state index is 0.318. The molecule has 29 heavy (non-hydrogen) atoms. The van der Waals surface area contributed by atoms with Crippen molar-refractivity contribution in [1.29, 1.82) is 0 Å². The number of anilines is 1. The molecule has 0 aliphatic carbocycles. The number of methoxy groups -OCH3 is 1. The number of pyridine rings is 1. The first-order valence-corrected chi connectivity index (χ1v) is 9.96. The number of aldehydes is 1. The lowest BCUT2D eigenvalue weighted by molar-refractivity contribution is 0.111. The highest BCUT2D eigenvalue weighted by Gasteiger charge is 2.25. The quantitative estimate of drug-likeness (QED) is 0.705. The van der Waals surface area contributed by atoms with E-state index < -0.39 is 0 Å². The first kappa shape index (κ1) is 24.5. The van der Waals surface area contributed by atoms with E-state index in [0.717, 1.165) is 42.7 Å². The maximum atomic E-state index is 14.0. The van der Waals surface area contributed by atoms with Crippen molar-refractivity contribution in [3.8, 4) is 0 Å². The predicted molar refractivity (Wildman–Crippen MR) is 116 cm³/mol. The fourth-order valence-electron chi connectivity index (χ4n) is 3.11. The summed E-state index contributed by atoms with van der Waals surface area (Å²) in [4.78, 5) is 17.2. The first-order chi connectivity index (χ1) is 13.9. The second-order valence-corrected chi connectivity index (χ2v) is 6.42. The highest BCUT2D eigenvalue weighted by atomic mass is 19.1. The van der Waals surface area contributed by atoms with E-state index in [1.807, 2.05) is 39.6 Å². The molecule has 6 nitrogen and oxygen atoms in total. The number of aromatic nitrogens is 3. The van der Waals surface area contributed by atoms with Crippen LogP contribution in [-0.2, 0) is 11.8 Å². The molecule has 0 spiro atoms. The fourth-order valence-corrected chi connectivity index (χ4v) is 3.11. The zero-order chi connectivity index (χ0) is 22.0. The molecule has 0 unspecified atom stereocenters. The third kappa shape index (κ3) is 5.97. The normalized spacial score (nSPS) is 13.3. The number of hydrogen-bond acceptors (Lipinski definition) is 5. The summed E-state index contributed by atoms with van der Waals surface area (Å²) >= 11 is 0. The van der Waals surface area contributed by atoms with Crippen molar-refractivity contribution >= 4 is 17.7 Å². The molecule has 3 rings (SSSR count). The van der Waals surface area contributed by atoms with E-state index in [-0.39, 0.29) is 5.82 Å². The third-order valence-electron chi connectivity index (χ3n) is 4.67. The Bertz CT molecular complexity index is 828. The van der Waals surface area contributed by atoms with E-state index in [1.165, 1.54) is 11.6 Å². The van der Waals surface area contributed by atoms with Crippen molar-refractivity contribution in [2.24, 2.45) is 7.05 Å². The van der Waals surface area contributed by atoms with Gasteiger partial charge >= 0.3 is 0 Å². The van der Waals surface area contributed by atoms with Gasteiger partial charge in [0.2, 0.25) is 0 Å². The second kappa shape index (κ2) is 12.1. The third-order valence-corrected chi connectivity index (χ3v) is 4.67. The van der Waals surface area contributed by atoms with Gasteiger partial charge in [0.1, 0.15) is 5.69 Å². The van der Waals surface area contributed by atoms with Crippen LogP contribution >= 0.6 is 0 Å². The van der Waals surface area contributed by atoms with Crippen LogP contribution < -0.4 is 4.90 Å². The van der Waals surface area contributed by atoms with Crippen LogP contribution in [0.2, 0.25) is 0 Å². The van der Waals surface area contributed by atoms with Crippen LogP contribution in [0.4, 0.5) is 10.2 Å². The summed E-state index contributed by atoms with van der Waals surface area (Å²) in [6.07, 6.45) is 3.20. The van der Waals surface area contributed by atoms with Crippen LogP contribution in [0.5, 0.6) is 0 Å². The Labute approximate surface area is 173 Å². The van der Waals surface area contributed by atoms with Crippen LogP contribution in [0.1, 0.15) is 55.9 Å². The van der Waals surface area contributed by atoms with Crippen molar-refractivity contribution in [2.45, 2.75) is 41.0 Å². The van der Waals surface area contributed by atoms with Gasteiger partial charge in [0.15, 0.2) is 17.9 Å². The lowest BCUT2D eigenvalue weighted by Gasteiger charge is -2.31. The standard InChI is InChI=1S/C17H19FN4O.C3H8O.C2H6/c1-11-6-8-22(17-14(18)5-4-7-19-17)9-13(11)16-12(2)15(10-23)20-21(16)3;1-3-4-2;1-2/h4-5,7,10H,6,8-9H2,1-3H3;3H2,1-2H3;1-2H3. The highest BCUT2D eigenvalue weighted by molar-refractivity contribution is 5.81. The van der Waals surface area contributed by atoms with Gasteiger partial charge in [0.25, 0.3) is 0 Å². The van der Waals surface area contributed by atoms with Crippen molar-refractivity contribution in [1.82, 2.24) is 14.8 Å². The summed E-state index contributed by atoms with van der Waals surface area (Å²) in [6, 6.07) is 3.01. The van der Waals surface area contributed by atoms with E-state index >= 15 is 0 Å². The molecule has 0 saturated carbocycles. The molecule has 0 fully saturated rings. The second-order valence-electron chi connectivity index (χ2n) is 6.42. The SMILES string of the molecule is CC.CC1=C(c2c(C)c(C=O)nn2C)CN(c2ncccc2F)CC1.CCOC. The molecule has 0 aromatic carbocycles. The molecular weight excluding hydrogens is 371 g/mol. The van der Waals surface area contributed by atoms with Crippen LogP contribution in [0.15, 0.2) is 23.9 Å². The number of halogens is 1. The van der Waals surface area contributed by atoms with Gasteiger partial charge in [-0.15, -0.1) is 0 Å². The molecule has 0 atom stereocenters. The fraction of sp³-hybridized carbons (Fsp3) is 0.500. The summed E-state index contributed by atoms with van der Waals surface area (Å²) in [5.74, 6) is 0.0506. The van der Waals surface area contributed by atoms with Gasteiger partial charge in [0.05, 0.1) is 5.69 Å². The molecule has 0 radical (unpaired) electrons. The van der Waals surface area contributed by atoms with E-state index in [0.29, 0.717) is 18.1 Å². The van der Waals surface area contributed by atoms with Gasteiger partial charge in [0, 0.05) is 45.6 Å². The Hall–Kier alpha value is -2.54. The summed E-state index contributed by atoms with van der Waals surface area (Å²) in [6.45, 7) is 12.0. The Balaban J connectivity index is 0.000000627. The number of carbonyl (C=O) groups is 1. The van der Waals surface area contributed by atoms with Gasteiger partial charge in [-0.1, -0.05) is 19.4 Å². The summed E-state index contributed by atoms with van der Waals surface area (Å²) < 4.78 is 20.3. The number of nitrogens with zero attached hydrogens (tertiary/aromatic N) is 4. The Morgan fingerprint density at radius 1 is 1.31 bits per heavy atom. The predicted octanol–water partition coefficient (Wildman–Crippen LogP) is 4.44. The number of rotatable bonds is 4. The Morgan fingerprint density at radius 2 is 1.97 bits per heavy atom. The topological polar surface area (TPSA) is 60.2 Å². The lowest BCUT2D eigenvalue weighted by atomic mass is 9.96. The Morgan fingerprint density at radius 3 is 2.48 bits per heavy atom. The zero-order valence-corrected chi connectivity index (χ0v) is 18.6. The minimum Gasteiger partial charge on any atom is -0.385 e. The van der Waals surface area contributed by atoms with Crippen molar-refractivity contribution in [2.75, 3.05) is 31.7 Å². The molecule has 0 N–H and O–H groups in total. The molecular formula is C22H33FN4O2. The molecule has 2 aromatic heterocycles. The molecule has 0 amide bonds.